The molecule has 1 aromatic carbocycles. The molecule has 0 aliphatic heterocycles. The minimum atomic E-state index is -3.78. The van der Waals surface area contributed by atoms with Crippen molar-refractivity contribution in [2.45, 2.75) is 18.4 Å². The largest absolute Gasteiger partial charge is 0.362 e. The molecule has 0 aliphatic rings. The molecule has 0 radical (unpaired) electrons. The molecule has 0 unspecified atom stereocenters. The van der Waals surface area contributed by atoms with Crippen molar-refractivity contribution in [2.75, 3.05) is 19.0 Å². The molecule has 2 aromatic rings. The molecule has 7 heteroatoms. The van der Waals surface area contributed by atoms with Crippen molar-refractivity contribution in [2.24, 2.45) is 0 Å². The molecule has 1 heterocycles. The van der Waals surface area contributed by atoms with E-state index in [0.717, 1.165) is 11.6 Å². The van der Waals surface area contributed by atoms with Gasteiger partial charge in [0.2, 0.25) is 10.0 Å². The van der Waals surface area contributed by atoms with Crippen LogP contribution in [0, 0.1) is 12.7 Å². The highest BCUT2D eigenvalue weighted by Crippen LogP contribution is 2.17. The van der Waals surface area contributed by atoms with Gasteiger partial charge < -0.3 is 4.90 Å². The van der Waals surface area contributed by atoms with Crippen LogP contribution in [0.1, 0.15) is 11.1 Å². The summed E-state index contributed by atoms with van der Waals surface area (Å²) in [5.74, 6) is 0.138. The van der Waals surface area contributed by atoms with Crippen LogP contribution in [0.3, 0.4) is 0 Å². The van der Waals surface area contributed by atoms with E-state index in [0.29, 0.717) is 11.4 Å². The third kappa shape index (κ3) is 3.61. The molecule has 0 fully saturated rings. The number of pyridine rings is 1. The maximum absolute atomic E-state index is 13.5. The molecule has 0 spiro atoms. The number of hydrogen-bond donors (Lipinski definition) is 1. The van der Waals surface area contributed by atoms with Gasteiger partial charge >= 0.3 is 0 Å². The Kier molecular flexibility index (Phi) is 4.77. The van der Waals surface area contributed by atoms with E-state index in [1.165, 1.54) is 12.1 Å². The highest BCUT2D eigenvalue weighted by molar-refractivity contribution is 7.89. The fourth-order valence-electron chi connectivity index (χ4n) is 1.97. The van der Waals surface area contributed by atoms with Crippen LogP contribution >= 0.6 is 0 Å². The number of anilines is 1. The van der Waals surface area contributed by atoms with E-state index in [4.69, 9.17) is 0 Å². The minimum Gasteiger partial charge on any atom is -0.362 e. The summed E-state index contributed by atoms with van der Waals surface area (Å²) >= 11 is 0. The summed E-state index contributed by atoms with van der Waals surface area (Å²) in [5.41, 5.74) is 1.14. The number of nitrogens with one attached hydrogen (secondary N) is 1. The first kappa shape index (κ1) is 16.4. The maximum atomic E-state index is 13.5. The molecule has 0 bridgehead atoms. The average molecular weight is 323 g/mol. The van der Waals surface area contributed by atoms with Crippen LogP contribution in [0.15, 0.2) is 41.4 Å². The van der Waals surface area contributed by atoms with Crippen molar-refractivity contribution in [3.8, 4) is 0 Å². The zero-order valence-corrected chi connectivity index (χ0v) is 13.5. The van der Waals surface area contributed by atoms with Gasteiger partial charge in [-0.1, -0.05) is 12.1 Å². The van der Waals surface area contributed by atoms with Crippen LogP contribution in [0.5, 0.6) is 0 Å². The highest BCUT2D eigenvalue weighted by Gasteiger charge is 2.16. The van der Waals surface area contributed by atoms with Crippen molar-refractivity contribution < 1.29 is 12.8 Å². The van der Waals surface area contributed by atoms with Crippen LogP contribution in [0.2, 0.25) is 0 Å². The summed E-state index contributed by atoms with van der Waals surface area (Å²) in [6.07, 6.45) is 1.64. The third-order valence-corrected chi connectivity index (χ3v) is 4.60. The Morgan fingerprint density at radius 2 is 2.00 bits per heavy atom. The fourth-order valence-corrected chi connectivity index (χ4v) is 2.99. The number of rotatable bonds is 5. The topological polar surface area (TPSA) is 62.3 Å². The maximum Gasteiger partial charge on any atom is 0.240 e. The molecule has 22 heavy (non-hydrogen) atoms. The van der Waals surface area contributed by atoms with Gasteiger partial charge in [-0.3, -0.25) is 0 Å². The Hall–Kier alpha value is -1.99. The SMILES string of the molecule is Cc1ccc(S(=O)(=O)NCc2cccnc2N(C)C)cc1F. The molecule has 0 saturated carbocycles. The summed E-state index contributed by atoms with van der Waals surface area (Å²) in [7, 11) is -0.118. The number of hydrogen-bond acceptors (Lipinski definition) is 4. The van der Waals surface area contributed by atoms with Crippen LogP contribution in [0.4, 0.5) is 10.2 Å². The van der Waals surface area contributed by atoms with E-state index in [1.54, 1.807) is 30.2 Å². The normalized spacial score (nSPS) is 11.5. The number of benzene rings is 1. The molecule has 0 aliphatic carbocycles. The Bertz CT molecular complexity index is 776. The van der Waals surface area contributed by atoms with Gasteiger partial charge in [0, 0.05) is 32.4 Å². The van der Waals surface area contributed by atoms with E-state index < -0.39 is 15.8 Å². The molecular formula is C15H18FN3O2S. The van der Waals surface area contributed by atoms with Crippen LogP contribution in [0.25, 0.3) is 0 Å². The Morgan fingerprint density at radius 3 is 2.64 bits per heavy atom. The lowest BCUT2D eigenvalue weighted by molar-refractivity contribution is 0.576. The predicted molar refractivity (Wildman–Crippen MR) is 83.7 cm³/mol. The smallest absolute Gasteiger partial charge is 0.240 e. The quantitative estimate of drug-likeness (QED) is 0.915. The molecule has 118 valence electrons. The molecular weight excluding hydrogens is 305 g/mol. The van der Waals surface area contributed by atoms with Gasteiger partial charge in [-0.05, 0) is 30.7 Å². The first-order valence-electron chi connectivity index (χ1n) is 6.68. The number of sulfonamides is 1. The Labute approximate surface area is 129 Å². The van der Waals surface area contributed by atoms with Crippen molar-refractivity contribution in [3.63, 3.8) is 0 Å². The van der Waals surface area contributed by atoms with E-state index in [1.807, 2.05) is 14.1 Å². The standard InChI is InChI=1S/C15H18FN3O2S/c1-11-6-7-13(9-14(11)16)22(20,21)18-10-12-5-4-8-17-15(12)19(2)3/h4-9,18H,10H2,1-3H3. The molecule has 0 amide bonds. The molecule has 1 aromatic heterocycles. The third-order valence-electron chi connectivity index (χ3n) is 3.20. The second-order valence-electron chi connectivity index (χ2n) is 5.12. The van der Waals surface area contributed by atoms with Gasteiger partial charge in [-0.25, -0.2) is 22.5 Å². The highest BCUT2D eigenvalue weighted by atomic mass is 32.2. The summed E-state index contributed by atoms with van der Waals surface area (Å²) < 4.78 is 40.5. The minimum absolute atomic E-state index is 0.0825. The molecule has 0 atom stereocenters. The van der Waals surface area contributed by atoms with Crippen molar-refractivity contribution in [3.05, 3.63) is 53.5 Å². The summed E-state index contributed by atoms with van der Waals surface area (Å²) in [6.45, 7) is 1.66. The van der Waals surface area contributed by atoms with Crippen LogP contribution < -0.4 is 9.62 Å². The monoisotopic (exact) mass is 323 g/mol. The lowest BCUT2D eigenvalue weighted by Crippen LogP contribution is -2.25. The molecule has 5 nitrogen and oxygen atoms in total. The van der Waals surface area contributed by atoms with Gasteiger partial charge in [-0.2, -0.15) is 0 Å². The molecule has 1 N–H and O–H groups in total. The number of halogens is 1. The van der Waals surface area contributed by atoms with Crippen LogP contribution in [-0.2, 0) is 16.6 Å². The van der Waals surface area contributed by atoms with Crippen LogP contribution in [-0.4, -0.2) is 27.5 Å². The summed E-state index contributed by atoms with van der Waals surface area (Å²) in [6, 6.07) is 7.38. The Balaban J connectivity index is 2.22. The van der Waals surface area contributed by atoms with E-state index in [2.05, 4.69) is 9.71 Å². The summed E-state index contributed by atoms with van der Waals surface area (Å²) in [4.78, 5) is 5.92. The van der Waals surface area contributed by atoms with Gasteiger partial charge in [0.05, 0.1) is 4.90 Å². The first-order valence-corrected chi connectivity index (χ1v) is 8.16. The second kappa shape index (κ2) is 6.41. The molecule has 2 rings (SSSR count). The summed E-state index contributed by atoms with van der Waals surface area (Å²) in [5, 5.41) is 0. The predicted octanol–water partition coefficient (Wildman–Crippen LogP) is 2.07. The van der Waals surface area contributed by atoms with E-state index in [-0.39, 0.29) is 11.4 Å². The number of aromatic nitrogens is 1. The average Bonchev–Trinajstić information content (AvgIpc) is 2.48. The van der Waals surface area contributed by atoms with Crippen molar-refractivity contribution in [1.29, 1.82) is 0 Å². The number of aryl methyl sites for hydroxylation is 1. The van der Waals surface area contributed by atoms with Gasteiger partial charge in [0.15, 0.2) is 0 Å². The lowest BCUT2D eigenvalue weighted by Gasteiger charge is -2.16. The Morgan fingerprint density at radius 1 is 1.27 bits per heavy atom. The van der Waals surface area contributed by atoms with Gasteiger partial charge in [0.25, 0.3) is 0 Å². The second-order valence-corrected chi connectivity index (χ2v) is 6.88. The number of nitrogens with zero attached hydrogens (tertiary/aromatic N) is 2. The van der Waals surface area contributed by atoms with Gasteiger partial charge in [0.1, 0.15) is 11.6 Å². The zero-order valence-electron chi connectivity index (χ0n) is 12.7. The first-order chi connectivity index (χ1) is 10.3. The van der Waals surface area contributed by atoms with E-state index >= 15 is 0 Å². The molecule has 0 saturated heterocycles. The lowest BCUT2D eigenvalue weighted by atomic mass is 10.2. The van der Waals surface area contributed by atoms with Gasteiger partial charge in [-0.15, -0.1) is 0 Å². The van der Waals surface area contributed by atoms with E-state index in [9.17, 15) is 12.8 Å². The van der Waals surface area contributed by atoms with Crippen molar-refractivity contribution >= 4 is 15.8 Å². The zero-order chi connectivity index (χ0) is 16.3. The fraction of sp³-hybridized carbons (Fsp3) is 0.267. The van der Waals surface area contributed by atoms with Crippen molar-refractivity contribution in [1.82, 2.24) is 9.71 Å².